The van der Waals surface area contributed by atoms with Crippen molar-refractivity contribution in [3.63, 3.8) is 0 Å². The number of imidazole rings is 1. The maximum Gasteiger partial charge on any atom is 0.0994 e. The fraction of sp³-hybridized carbons (Fsp3) is 0.143. The van der Waals surface area contributed by atoms with Gasteiger partial charge in [-0.25, -0.2) is 9.97 Å². The smallest absolute Gasteiger partial charge is 0.0994 e. The molecule has 0 saturated carbocycles. The molecule has 4 rings (SSSR count). The van der Waals surface area contributed by atoms with Crippen LogP contribution in [0.25, 0.3) is 10.4 Å². The van der Waals surface area contributed by atoms with Gasteiger partial charge in [-0.05, 0) is 11.1 Å². The van der Waals surface area contributed by atoms with E-state index >= 15 is 0 Å². The molecule has 0 amide bonds. The highest BCUT2D eigenvalue weighted by Gasteiger charge is 2.22. The minimum Gasteiger partial charge on any atom is -0.348 e. The van der Waals surface area contributed by atoms with E-state index < -0.39 is 0 Å². The molecule has 3 nitrogen and oxygen atoms in total. The van der Waals surface area contributed by atoms with Crippen molar-refractivity contribution >= 4 is 11.3 Å². The summed E-state index contributed by atoms with van der Waals surface area (Å²) in [6, 6.07) is 8.58. The maximum absolute atomic E-state index is 4.75. The summed E-state index contributed by atoms with van der Waals surface area (Å²) in [4.78, 5) is 13.3. The van der Waals surface area contributed by atoms with Crippen LogP contribution in [-0.2, 0) is 12.8 Å². The maximum atomic E-state index is 4.75. The van der Waals surface area contributed by atoms with Crippen molar-refractivity contribution in [1.82, 2.24) is 15.0 Å². The van der Waals surface area contributed by atoms with Gasteiger partial charge in [-0.15, -0.1) is 11.3 Å². The molecule has 2 heterocycles. The zero-order valence-corrected chi connectivity index (χ0v) is 10.5. The number of nitrogens with one attached hydrogen (secondary N) is 1. The van der Waals surface area contributed by atoms with Gasteiger partial charge in [0.25, 0.3) is 0 Å². The Labute approximate surface area is 109 Å². The number of fused-ring (bicyclic) bond motifs is 3. The van der Waals surface area contributed by atoms with Crippen molar-refractivity contribution in [2.75, 3.05) is 0 Å². The summed E-state index contributed by atoms with van der Waals surface area (Å²) in [5.74, 6) is 0. The van der Waals surface area contributed by atoms with Crippen molar-refractivity contribution < 1.29 is 0 Å². The molecule has 18 heavy (non-hydrogen) atoms. The first kappa shape index (κ1) is 10.0. The van der Waals surface area contributed by atoms with Crippen molar-refractivity contribution in [2.45, 2.75) is 12.8 Å². The lowest BCUT2D eigenvalue weighted by atomic mass is 10.1. The normalized spacial score (nSPS) is 12.4. The molecule has 0 unspecified atom stereocenters. The molecule has 0 saturated heterocycles. The van der Waals surface area contributed by atoms with Crippen molar-refractivity contribution in [3.8, 4) is 10.4 Å². The van der Waals surface area contributed by atoms with Gasteiger partial charge >= 0.3 is 0 Å². The first-order valence-electron chi connectivity index (χ1n) is 5.94. The van der Waals surface area contributed by atoms with Gasteiger partial charge in [0.1, 0.15) is 0 Å². The van der Waals surface area contributed by atoms with Crippen LogP contribution in [0.15, 0.2) is 36.8 Å². The Morgan fingerprint density at radius 2 is 2.22 bits per heavy atom. The van der Waals surface area contributed by atoms with Crippen LogP contribution >= 0.6 is 11.3 Å². The second kappa shape index (κ2) is 3.78. The molecule has 2 aromatic heterocycles. The van der Waals surface area contributed by atoms with E-state index in [-0.39, 0.29) is 0 Å². The van der Waals surface area contributed by atoms with Crippen LogP contribution in [0.4, 0.5) is 0 Å². The van der Waals surface area contributed by atoms with Gasteiger partial charge in [0.05, 0.1) is 21.9 Å². The molecule has 0 atom stereocenters. The number of rotatable bonds is 2. The van der Waals surface area contributed by atoms with E-state index in [4.69, 9.17) is 4.98 Å². The van der Waals surface area contributed by atoms with Crippen molar-refractivity contribution in [1.29, 1.82) is 0 Å². The first-order valence-corrected chi connectivity index (χ1v) is 6.76. The second-order valence-corrected chi connectivity index (χ2v) is 5.55. The third-order valence-electron chi connectivity index (χ3n) is 3.26. The van der Waals surface area contributed by atoms with Gasteiger partial charge in [-0.1, -0.05) is 24.3 Å². The highest BCUT2D eigenvalue weighted by Crippen LogP contribution is 2.40. The lowest BCUT2D eigenvalue weighted by Gasteiger charge is -1.97. The number of thiazole rings is 1. The first-order chi connectivity index (χ1) is 8.90. The van der Waals surface area contributed by atoms with Crippen LogP contribution < -0.4 is 0 Å². The largest absolute Gasteiger partial charge is 0.348 e. The fourth-order valence-electron chi connectivity index (χ4n) is 2.43. The fourth-order valence-corrected chi connectivity index (χ4v) is 3.59. The topological polar surface area (TPSA) is 41.6 Å². The van der Waals surface area contributed by atoms with Gasteiger partial charge < -0.3 is 4.98 Å². The lowest BCUT2D eigenvalue weighted by Crippen LogP contribution is -1.89. The predicted octanol–water partition coefficient (Wildman–Crippen LogP) is 3.03. The number of aromatic nitrogens is 3. The molecular formula is C14H11N3S. The van der Waals surface area contributed by atoms with Crippen LogP contribution in [0.5, 0.6) is 0 Å². The standard InChI is InChI=1S/C14H11N3S/c1-2-4-11-9(3-1)5-12-14(11)18-13(17-12)6-10-7-15-8-16-10/h1-4,7-8H,5-6H2,(H,15,16). The molecule has 1 N–H and O–H groups in total. The molecule has 0 aliphatic heterocycles. The van der Waals surface area contributed by atoms with E-state index in [1.165, 1.54) is 26.7 Å². The van der Waals surface area contributed by atoms with Crippen molar-refractivity contribution in [3.05, 3.63) is 58.7 Å². The summed E-state index contributed by atoms with van der Waals surface area (Å²) >= 11 is 1.80. The Kier molecular flexibility index (Phi) is 2.11. The van der Waals surface area contributed by atoms with Crippen molar-refractivity contribution in [2.24, 2.45) is 0 Å². The second-order valence-electron chi connectivity index (χ2n) is 4.47. The zero-order chi connectivity index (χ0) is 11.9. The number of aromatic amines is 1. The summed E-state index contributed by atoms with van der Waals surface area (Å²) in [6.45, 7) is 0. The lowest BCUT2D eigenvalue weighted by molar-refractivity contribution is 1.04. The number of hydrogen-bond donors (Lipinski definition) is 1. The average molecular weight is 253 g/mol. The molecule has 4 heteroatoms. The number of hydrogen-bond acceptors (Lipinski definition) is 3. The Morgan fingerprint density at radius 1 is 1.28 bits per heavy atom. The summed E-state index contributed by atoms with van der Waals surface area (Å²) in [5.41, 5.74) is 5.12. The highest BCUT2D eigenvalue weighted by molar-refractivity contribution is 7.15. The molecule has 0 fully saturated rings. The van der Waals surface area contributed by atoms with Crippen LogP contribution in [0, 0.1) is 0 Å². The van der Waals surface area contributed by atoms with Gasteiger partial charge in [0.15, 0.2) is 0 Å². The minimum atomic E-state index is 0.847. The number of benzene rings is 1. The Morgan fingerprint density at radius 3 is 3.11 bits per heavy atom. The summed E-state index contributed by atoms with van der Waals surface area (Å²) in [6.07, 6.45) is 5.40. The predicted molar refractivity (Wildman–Crippen MR) is 71.7 cm³/mol. The van der Waals surface area contributed by atoms with Gasteiger partial charge in [-0.3, -0.25) is 0 Å². The quantitative estimate of drug-likeness (QED) is 0.596. The van der Waals surface area contributed by atoms with Crippen LogP contribution in [0.2, 0.25) is 0 Å². The van der Waals surface area contributed by atoms with Crippen LogP contribution in [0.3, 0.4) is 0 Å². The summed E-state index contributed by atoms with van der Waals surface area (Å²) in [5, 5.41) is 1.17. The van der Waals surface area contributed by atoms with Crippen LogP contribution in [0.1, 0.15) is 22.0 Å². The average Bonchev–Trinajstić information content (AvgIpc) is 3.05. The molecule has 0 bridgehead atoms. The molecule has 1 aliphatic rings. The monoisotopic (exact) mass is 253 g/mol. The molecular weight excluding hydrogens is 242 g/mol. The summed E-state index contributed by atoms with van der Waals surface area (Å²) in [7, 11) is 0. The Bertz CT molecular complexity index is 698. The molecule has 0 spiro atoms. The van der Waals surface area contributed by atoms with E-state index in [2.05, 4.69) is 34.2 Å². The molecule has 0 radical (unpaired) electrons. The van der Waals surface area contributed by atoms with Gasteiger partial charge in [-0.2, -0.15) is 0 Å². The minimum absolute atomic E-state index is 0.847. The van der Waals surface area contributed by atoms with E-state index in [9.17, 15) is 0 Å². The van der Waals surface area contributed by atoms with E-state index in [1.54, 1.807) is 17.7 Å². The van der Waals surface area contributed by atoms with E-state index in [0.717, 1.165) is 18.5 Å². The SMILES string of the molecule is c1ccc2c(c1)Cc1nc(Cc3cnc[nH]3)sc1-2. The third kappa shape index (κ3) is 1.49. The third-order valence-corrected chi connectivity index (χ3v) is 4.39. The van der Waals surface area contributed by atoms with E-state index in [0.29, 0.717) is 0 Å². The Balaban J connectivity index is 1.72. The zero-order valence-electron chi connectivity index (χ0n) is 9.68. The Hall–Kier alpha value is -1.94. The van der Waals surface area contributed by atoms with Gasteiger partial charge in [0.2, 0.25) is 0 Å². The molecule has 88 valence electrons. The molecule has 1 aliphatic carbocycles. The highest BCUT2D eigenvalue weighted by atomic mass is 32.1. The van der Waals surface area contributed by atoms with Gasteiger partial charge in [0, 0.05) is 24.7 Å². The number of H-pyrrole nitrogens is 1. The van der Waals surface area contributed by atoms with Crippen LogP contribution in [-0.4, -0.2) is 15.0 Å². The molecule has 1 aromatic carbocycles. The summed E-state index contributed by atoms with van der Waals surface area (Å²) < 4.78 is 0. The molecule has 3 aromatic rings. The number of nitrogens with zero attached hydrogens (tertiary/aromatic N) is 2. The van der Waals surface area contributed by atoms with E-state index in [1.807, 2.05) is 6.20 Å².